The molecule has 2 aromatic rings. The SMILES string of the molecule is NC(=O)Cn1cc(NS(=O)(=O)c2ccnc(Cl)c2)cn1. The number of hydrogen-bond acceptors (Lipinski definition) is 5. The van der Waals surface area contributed by atoms with E-state index < -0.39 is 15.9 Å². The molecule has 10 heteroatoms. The highest BCUT2D eigenvalue weighted by Gasteiger charge is 2.16. The fourth-order valence-electron chi connectivity index (χ4n) is 1.43. The van der Waals surface area contributed by atoms with Crippen molar-refractivity contribution in [2.75, 3.05) is 4.72 Å². The van der Waals surface area contributed by atoms with E-state index in [-0.39, 0.29) is 22.3 Å². The Morgan fingerprint density at radius 2 is 2.25 bits per heavy atom. The summed E-state index contributed by atoms with van der Waals surface area (Å²) in [6, 6.07) is 2.53. The minimum absolute atomic E-state index is 0.0276. The maximum Gasteiger partial charge on any atom is 0.262 e. The number of halogens is 1. The average molecular weight is 316 g/mol. The van der Waals surface area contributed by atoms with Crippen molar-refractivity contribution in [1.82, 2.24) is 14.8 Å². The van der Waals surface area contributed by atoms with Crippen molar-refractivity contribution in [3.63, 3.8) is 0 Å². The summed E-state index contributed by atoms with van der Waals surface area (Å²) in [5, 5.41) is 3.87. The number of aromatic nitrogens is 3. The molecule has 0 spiro atoms. The predicted molar refractivity (Wildman–Crippen MR) is 71.5 cm³/mol. The van der Waals surface area contributed by atoms with Gasteiger partial charge in [0.2, 0.25) is 5.91 Å². The van der Waals surface area contributed by atoms with Crippen LogP contribution in [0.4, 0.5) is 5.69 Å². The van der Waals surface area contributed by atoms with E-state index in [0.29, 0.717) is 0 Å². The molecule has 106 valence electrons. The van der Waals surface area contributed by atoms with Crippen LogP contribution < -0.4 is 10.5 Å². The smallest absolute Gasteiger partial charge is 0.262 e. The van der Waals surface area contributed by atoms with Crippen LogP contribution in [0.5, 0.6) is 0 Å². The van der Waals surface area contributed by atoms with Crippen molar-refractivity contribution in [3.8, 4) is 0 Å². The van der Waals surface area contributed by atoms with Gasteiger partial charge < -0.3 is 5.73 Å². The third-order valence-corrected chi connectivity index (χ3v) is 3.80. The molecule has 2 aromatic heterocycles. The Hall–Kier alpha value is -2.13. The molecule has 0 radical (unpaired) electrons. The molecule has 0 aromatic carbocycles. The van der Waals surface area contributed by atoms with Gasteiger partial charge in [-0.3, -0.25) is 14.2 Å². The highest BCUT2D eigenvalue weighted by Crippen LogP contribution is 2.17. The van der Waals surface area contributed by atoms with Crippen molar-refractivity contribution in [2.24, 2.45) is 5.73 Å². The van der Waals surface area contributed by atoms with Crippen molar-refractivity contribution in [2.45, 2.75) is 11.4 Å². The number of rotatable bonds is 5. The largest absolute Gasteiger partial charge is 0.368 e. The first-order valence-electron chi connectivity index (χ1n) is 5.32. The molecule has 0 saturated carbocycles. The second kappa shape index (κ2) is 5.47. The van der Waals surface area contributed by atoms with E-state index in [1.54, 1.807) is 0 Å². The van der Waals surface area contributed by atoms with Gasteiger partial charge in [-0.25, -0.2) is 13.4 Å². The zero-order chi connectivity index (χ0) is 14.8. The molecule has 1 amide bonds. The quantitative estimate of drug-likeness (QED) is 0.765. The zero-order valence-electron chi connectivity index (χ0n) is 10.0. The zero-order valence-corrected chi connectivity index (χ0v) is 11.6. The van der Waals surface area contributed by atoms with Crippen molar-refractivity contribution in [1.29, 1.82) is 0 Å². The number of sulfonamides is 1. The number of anilines is 1. The standard InChI is InChI=1S/C10H10ClN5O3S/c11-9-3-8(1-2-13-9)20(18,19)15-7-4-14-16(5-7)6-10(12)17/h1-5,15H,6H2,(H2,12,17). The van der Waals surface area contributed by atoms with Gasteiger partial charge in [0.25, 0.3) is 10.0 Å². The van der Waals surface area contributed by atoms with Crippen molar-refractivity contribution in [3.05, 3.63) is 35.9 Å². The van der Waals surface area contributed by atoms with Gasteiger partial charge in [-0.15, -0.1) is 0 Å². The van der Waals surface area contributed by atoms with Gasteiger partial charge >= 0.3 is 0 Å². The van der Waals surface area contributed by atoms with E-state index in [0.717, 1.165) is 0 Å². The third-order valence-electron chi connectivity index (χ3n) is 2.21. The summed E-state index contributed by atoms with van der Waals surface area (Å²) in [6.45, 7) is -0.136. The summed E-state index contributed by atoms with van der Waals surface area (Å²) in [5.41, 5.74) is 5.22. The highest BCUT2D eigenvalue weighted by molar-refractivity contribution is 7.92. The van der Waals surface area contributed by atoms with Gasteiger partial charge in [0.15, 0.2) is 0 Å². The van der Waals surface area contributed by atoms with E-state index in [1.807, 2.05) is 0 Å². The number of nitrogens with two attached hydrogens (primary N) is 1. The molecule has 0 aliphatic carbocycles. The van der Waals surface area contributed by atoms with E-state index in [4.69, 9.17) is 17.3 Å². The van der Waals surface area contributed by atoms with Gasteiger partial charge in [0.1, 0.15) is 11.7 Å². The third kappa shape index (κ3) is 3.45. The second-order valence-electron chi connectivity index (χ2n) is 3.81. The van der Waals surface area contributed by atoms with Gasteiger partial charge in [-0.05, 0) is 12.1 Å². The lowest BCUT2D eigenvalue weighted by atomic mass is 10.5. The maximum atomic E-state index is 12.1. The molecule has 0 saturated heterocycles. The molecule has 0 fully saturated rings. The first-order chi connectivity index (χ1) is 9.37. The summed E-state index contributed by atoms with van der Waals surface area (Å²) in [6.07, 6.45) is 3.90. The lowest BCUT2D eigenvalue weighted by Gasteiger charge is -2.05. The molecule has 20 heavy (non-hydrogen) atoms. The summed E-state index contributed by atoms with van der Waals surface area (Å²) >= 11 is 5.64. The Kier molecular flexibility index (Phi) is 3.91. The summed E-state index contributed by atoms with van der Waals surface area (Å²) in [7, 11) is -3.79. The molecule has 0 aliphatic heterocycles. The lowest BCUT2D eigenvalue weighted by Crippen LogP contribution is -2.18. The Morgan fingerprint density at radius 1 is 1.50 bits per heavy atom. The molecule has 2 rings (SSSR count). The van der Waals surface area contributed by atoms with Gasteiger partial charge in [-0.1, -0.05) is 11.6 Å². The molecule has 0 bridgehead atoms. The Labute approximate surface area is 119 Å². The fourth-order valence-corrected chi connectivity index (χ4v) is 2.71. The number of pyridine rings is 1. The summed E-state index contributed by atoms with van der Waals surface area (Å²) < 4.78 is 27.6. The number of primary amides is 1. The van der Waals surface area contributed by atoms with E-state index >= 15 is 0 Å². The number of amides is 1. The lowest BCUT2D eigenvalue weighted by molar-refractivity contribution is -0.118. The van der Waals surface area contributed by atoms with E-state index in [9.17, 15) is 13.2 Å². The van der Waals surface area contributed by atoms with Crippen LogP contribution in [-0.4, -0.2) is 29.1 Å². The summed E-state index contributed by atoms with van der Waals surface area (Å²) in [4.78, 5) is 14.4. The molecule has 0 unspecified atom stereocenters. The van der Waals surface area contributed by atoms with E-state index in [1.165, 1.54) is 35.4 Å². The van der Waals surface area contributed by atoms with Crippen LogP contribution in [-0.2, 0) is 21.4 Å². The minimum Gasteiger partial charge on any atom is -0.368 e. The van der Waals surface area contributed by atoms with Crippen LogP contribution in [0.1, 0.15) is 0 Å². The van der Waals surface area contributed by atoms with Crippen LogP contribution in [0.3, 0.4) is 0 Å². The van der Waals surface area contributed by atoms with Crippen LogP contribution in [0.2, 0.25) is 5.15 Å². The second-order valence-corrected chi connectivity index (χ2v) is 5.88. The molecule has 8 nitrogen and oxygen atoms in total. The molecule has 2 heterocycles. The maximum absolute atomic E-state index is 12.1. The Morgan fingerprint density at radius 3 is 2.90 bits per heavy atom. The van der Waals surface area contributed by atoms with Gasteiger partial charge in [0, 0.05) is 12.4 Å². The van der Waals surface area contributed by atoms with Crippen LogP contribution in [0.25, 0.3) is 0 Å². The van der Waals surface area contributed by atoms with Crippen LogP contribution >= 0.6 is 11.6 Å². The molecular weight excluding hydrogens is 306 g/mol. The average Bonchev–Trinajstić information content (AvgIpc) is 2.74. The first-order valence-corrected chi connectivity index (χ1v) is 7.18. The first kappa shape index (κ1) is 14.3. The Balaban J connectivity index is 2.20. The predicted octanol–water partition coefficient (Wildman–Crippen LogP) is 0.218. The minimum atomic E-state index is -3.79. The van der Waals surface area contributed by atoms with Gasteiger partial charge in [0.05, 0.1) is 16.8 Å². The Bertz CT molecular complexity index is 743. The van der Waals surface area contributed by atoms with Crippen molar-refractivity contribution < 1.29 is 13.2 Å². The molecule has 0 atom stereocenters. The van der Waals surface area contributed by atoms with E-state index in [2.05, 4.69) is 14.8 Å². The topological polar surface area (TPSA) is 120 Å². The number of hydrogen-bond donors (Lipinski definition) is 2. The fraction of sp³-hybridized carbons (Fsp3) is 0.100. The number of carbonyl (C=O) groups is 1. The van der Waals surface area contributed by atoms with Crippen LogP contribution in [0, 0.1) is 0 Å². The highest BCUT2D eigenvalue weighted by atomic mass is 35.5. The summed E-state index contributed by atoms with van der Waals surface area (Å²) in [5.74, 6) is -0.580. The van der Waals surface area contributed by atoms with Crippen LogP contribution in [0.15, 0.2) is 35.6 Å². The number of carbonyl (C=O) groups excluding carboxylic acids is 1. The normalized spacial score (nSPS) is 11.2. The van der Waals surface area contributed by atoms with Gasteiger partial charge in [-0.2, -0.15) is 5.10 Å². The number of nitrogens with one attached hydrogen (secondary N) is 1. The number of nitrogens with zero attached hydrogens (tertiary/aromatic N) is 3. The molecule has 3 N–H and O–H groups in total. The van der Waals surface area contributed by atoms with Crippen molar-refractivity contribution >= 4 is 33.2 Å². The monoisotopic (exact) mass is 315 g/mol. The molecule has 0 aliphatic rings. The molecular formula is C10H10ClN5O3S.